The maximum absolute atomic E-state index is 12.9. The van der Waals surface area contributed by atoms with E-state index < -0.39 is 53.1 Å². The average Bonchev–Trinajstić information content (AvgIpc) is 2.91. The molecule has 1 aliphatic rings. The number of carbonyl (C=O) groups is 5. The number of amides is 3. The lowest BCUT2D eigenvalue weighted by molar-refractivity contribution is -0.253. The van der Waals surface area contributed by atoms with Gasteiger partial charge in [0.25, 0.3) is 0 Å². The van der Waals surface area contributed by atoms with Crippen molar-refractivity contribution in [3.05, 3.63) is 29.8 Å². The number of alkyl carbamates (subject to hydrolysis) is 1. The van der Waals surface area contributed by atoms with Crippen LogP contribution in [0, 0.1) is 5.41 Å². The van der Waals surface area contributed by atoms with Crippen molar-refractivity contribution in [2.75, 3.05) is 32.6 Å². The van der Waals surface area contributed by atoms with Crippen molar-refractivity contribution in [1.29, 1.82) is 0 Å². The number of rotatable bonds is 14. The third-order valence-corrected chi connectivity index (χ3v) is 7.03. The zero-order valence-electron chi connectivity index (χ0n) is 25.5. The summed E-state index contributed by atoms with van der Waals surface area (Å²) in [5, 5.41) is 16.4. The molecule has 3 atom stereocenters. The minimum absolute atomic E-state index is 0.0180. The molecule has 3 amide bonds. The summed E-state index contributed by atoms with van der Waals surface area (Å²) in [4.78, 5) is 60.6. The number of benzene rings is 1. The highest BCUT2D eigenvalue weighted by molar-refractivity contribution is 8.13. The van der Waals surface area contributed by atoms with Crippen LogP contribution in [0.2, 0.25) is 0 Å². The summed E-state index contributed by atoms with van der Waals surface area (Å²) in [6.45, 7) is 9.22. The summed E-state index contributed by atoms with van der Waals surface area (Å²) in [5.74, 6) is -1.09. The molecule has 1 saturated heterocycles. The summed E-state index contributed by atoms with van der Waals surface area (Å²) < 4.78 is 22.0. The SMILES string of the molecule is COc1ccc(CC2OCC(C)(C)[C@H](C(=O)NCCC(=O)NCCSC(=O)CC(NC(=O)OC(C)(C)C)C(=O)O)O2)cc1. The number of hydrogen-bond donors (Lipinski definition) is 4. The predicted molar refractivity (Wildman–Crippen MR) is 159 cm³/mol. The van der Waals surface area contributed by atoms with E-state index in [9.17, 15) is 29.1 Å². The van der Waals surface area contributed by atoms with Gasteiger partial charge < -0.3 is 40.0 Å². The number of hydrogen-bond acceptors (Lipinski definition) is 10. The monoisotopic (exact) mass is 625 g/mol. The summed E-state index contributed by atoms with van der Waals surface area (Å²) in [5.41, 5.74) is -0.418. The Morgan fingerprint density at radius 3 is 2.37 bits per heavy atom. The molecule has 2 unspecified atom stereocenters. The van der Waals surface area contributed by atoms with Gasteiger partial charge in [-0.3, -0.25) is 14.4 Å². The topological polar surface area (TPSA) is 179 Å². The van der Waals surface area contributed by atoms with Crippen LogP contribution in [-0.2, 0) is 39.8 Å². The number of carboxylic acid groups (broad SMARTS) is 1. The molecule has 1 fully saturated rings. The maximum Gasteiger partial charge on any atom is 0.408 e. The quantitative estimate of drug-likeness (QED) is 0.223. The van der Waals surface area contributed by atoms with Crippen molar-refractivity contribution in [3.8, 4) is 5.75 Å². The fourth-order valence-corrected chi connectivity index (χ4v) is 4.66. The minimum atomic E-state index is -1.43. The molecular formula is C29H43N3O10S. The Kier molecular flexibility index (Phi) is 13.7. The molecule has 14 heteroatoms. The third kappa shape index (κ3) is 13.2. The van der Waals surface area contributed by atoms with Crippen LogP contribution in [-0.4, -0.2) is 90.7 Å². The largest absolute Gasteiger partial charge is 0.497 e. The lowest BCUT2D eigenvalue weighted by atomic mass is 9.85. The number of methoxy groups -OCH3 is 1. The van der Waals surface area contributed by atoms with E-state index in [4.69, 9.17) is 18.9 Å². The first-order valence-corrected chi connectivity index (χ1v) is 14.9. The van der Waals surface area contributed by atoms with Gasteiger partial charge in [-0.1, -0.05) is 37.7 Å². The van der Waals surface area contributed by atoms with Gasteiger partial charge in [0.1, 0.15) is 23.5 Å². The Hall–Kier alpha value is -3.36. The van der Waals surface area contributed by atoms with Crippen molar-refractivity contribution in [2.45, 2.75) is 77.9 Å². The van der Waals surface area contributed by atoms with Crippen LogP contribution in [0.4, 0.5) is 4.79 Å². The molecule has 0 saturated carbocycles. The standard InChI is InChI=1S/C29H43N3O10S/c1-28(2,3)42-27(38)32-20(26(36)37)16-22(34)43-14-13-30-21(33)11-12-31-25(35)24-29(4,5)17-40-23(41-24)15-18-7-9-19(39-6)10-8-18/h7-10,20,23-24H,11-17H2,1-6H3,(H,30,33)(H,31,35)(H,32,38)(H,36,37)/t20?,23?,24-/m0/s1. The molecule has 0 radical (unpaired) electrons. The third-order valence-electron chi connectivity index (χ3n) is 6.14. The van der Waals surface area contributed by atoms with Crippen LogP contribution in [0.25, 0.3) is 0 Å². The Balaban J connectivity index is 1.69. The zero-order chi connectivity index (χ0) is 32.2. The molecule has 43 heavy (non-hydrogen) atoms. The molecule has 0 bridgehead atoms. The highest BCUT2D eigenvalue weighted by Gasteiger charge is 2.42. The molecular weight excluding hydrogens is 582 g/mol. The number of carboxylic acids is 1. The van der Waals surface area contributed by atoms with Crippen LogP contribution in [0.1, 0.15) is 53.0 Å². The Labute approximate surface area is 256 Å². The van der Waals surface area contributed by atoms with Crippen LogP contribution in [0.3, 0.4) is 0 Å². The number of carbonyl (C=O) groups excluding carboxylic acids is 4. The molecule has 1 aromatic rings. The van der Waals surface area contributed by atoms with Crippen LogP contribution < -0.4 is 20.7 Å². The first-order valence-electron chi connectivity index (χ1n) is 13.9. The van der Waals surface area contributed by atoms with E-state index in [0.29, 0.717) is 13.0 Å². The van der Waals surface area contributed by atoms with E-state index in [1.807, 2.05) is 38.1 Å². The molecule has 240 valence electrons. The summed E-state index contributed by atoms with van der Waals surface area (Å²) in [6, 6.07) is 6.06. The van der Waals surface area contributed by atoms with Crippen LogP contribution in [0.15, 0.2) is 24.3 Å². The van der Waals surface area contributed by atoms with E-state index in [-0.39, 0.29) is 37.1 Å². The lowest BCUT2D eigenvalue weighted by Gasteiger charge is -2.41. The number of thioether (sulfide) groups is 1. The van der Waals surface area contributed by atoms with Gasteiger partial charge in [0.2, 0.25) is 11.8 Å². The van der Waals surface area contributed by atoms with Gasteiger partial charge in [-0.15, -0.1) is 0 Å². The van der Waals surface area contributed by atoms with E-state index in [1.165, 1.54) is 0 Å². The first-order chi connectivity index (χ1) is 20.1. The Morgan fingerprint density at radius 2 is 1.77 bits per heavy atom. The highest BCUT2D eigenvalue weighted by Crippen LogP contribution is 2.31. The fourth-order valence-electron chi connectivity index (χ4n) is 3.95. The second-order valence-electron chi connectivity index (χ2n) is 11.7. The average molecular weight is 626 g/mol. The molecule has 1 aromatic carbocycles. The smallest absolute Gasteiger partial charge is 0.408 e. The second kappa shape index (κ2) is 16.5. The number of ether oxygens (including phenoxy) is 4. The number of aliphatic carboxylic acids is 1. The molecule has 1 aliphatic heterocycles. The number of nitrogens with one attached hydrogen (secondary N) is 3. The summed E-state index contributed by atoms with van der Waals surface area (Å²) in [7, 11) is 1.59. The van der Waals surface area contributed by atoms with E-state index in [1.54, 1.807) is 27.9 Å². The van der Waals surface area contributed by atoms with Gasteiger partial charge in [0, 0.05) is 43.5 Å². The lowest BCUT2D eigenvalue weighted by Crippen LogP contribution is -2.54. The van der Waals surface area contributed by atoms with Crippen molar-refractivity contribution in [3.63, 3.8) is 0 Å². The van der Waals surface area contributed by atoms with Gasteiger partial charge in [-0.25, -0.2) is 9.59 Å². The van der Waals surface area contributed by atoms with E-state index in [0.717, 1.165) is 23.1 Å². The van der Waals surface area contributed by atoms with Gasteiger partial charge in [-0.05, 0) is 38.5 Å². The highest BCUT2D eigenvalue weighted by atomic mass is 32.2. The molecule has 0 spiro atoms. The molecule has 13 nitrogen and oxygen atoms in total. The van der Waals surface area contributed by atoms with E-state index >= 15 is 0 Å². The molecule has 4 N–H and O–H groups in total. The normalized spacial score (nSPS) is 18.6. The van der Waals surface area contributed by atoms with Crippen LogP contribution >= 0.6 is 11.8 Å². The molecule has 2 rings (SSSR count). The van der Waals surface area contributed by atoms with Crippen molar-refractivity contribution in [1.82, 2.24) is 16.0 Å². The Morgan fingerprint density at radius 1 is 1.09 bits per heavy atom. The van der Waals surface area contributed by atoms with Gasteiger partial charge in [0.15, 0.2) is 11.4 Å². The van der Waals surface area contributed by atoms with Crippen molar-refractivity contribution < 1.29 is 48.0 Å². The summed E-state index contributed by atoms with van der Waals surface area (Å²) in [6.07, 6.45) is -2.26. The van der Waals surface area contributed by atoms with Gasteiger partial charge in [0.05, 0.1) is 13.7 Å². The van der Waals surface area contributed by atoms with E-state index in [2.05, 4.69) is 16.0 Å². The molecule has 0 aromatic heterocycles. The van der Waals surface area contributed by atoms with Gasteiger partial charge >= 0.3 is 12.1 Å². The Bertz CT molecular complexity index is 1120. The fraction of sp³-hybridized carbons (Fsp3) is 0.621. The van der Waals surface area contributed by atoms with Gasteiger partial charge in [-0.2, -0.15) is 0 Å². The minimum Gasteiger partial charge on any atom is -0.497 e. The van der Waals surface area contributed by atoms with Crippen LogP contribution in [0.5, 0.6) is 5.75 Å². The van der Waals surface area contributed by atoms with Crippen molar-refractivity contribution >= 4 is 40.8 Å². The zero-order valence-corrected chi connectivity index (χ0v) is 26.3. The first kappa shape index (κ1) is 35.8. The summed E-state index contributed by atoms with van der Waals surface area (Å²) >= 11 is 0.841. The second-order valence-corrected chi connectivity index (χ2v) is 12.8. The molecule has 0 aliphatic carbocycles. The maximum atomic E-state index is 12.9. The predicted octanol–water partition coefficient (Wildman–Crippen LogP) is 2.26. The van der Waals surface area contributed by atoms with Crippen molar-refractivity contribution in [2.24, 2.45) is 5.41 Å². The molecule has 1 heterocycles.